The molecule has 29 heavy (non-hydrogen) atoms. The standard InChI is InChI=1S/C23H21FO4S/c1-14-7-10-22(29(25,26)27)16(11-14)12-17-13-20-21(24)9-8-19(23(20)28-17)18-6-4-3-5-15(18)2/h3-11,17H,12-13H2,1-2H3,(H,25,26,27). The molecule has 1 unspecified atom stereocenters. The van der Waals surface area contributed by atoms with Crippen LogP contribution in [0.15, 0.2) is 59.5 Å². The lowest BCUT2D eigenvalue weighted by Crippen LogP contribution is -2.18. The summed E-state index contributed by atoms with van der Waals surface area (Å²) >= 11 is 0. The summed E-state index contributed by atoms with van der Waals surface area (Å²) in [6, 6.07) is 15.7. The lowest BCUT2D eigenvalue weighted by Gasteiger charge is -2.15. The van der Waals surface area contributed by atoms with Gasteiger partial charge in [0, 0.05) is 24.0 Å². The van der Waals surface area contributed by atoms with Crippen LogP contribution in [0.3, 0.4) is 0 Å². The van der Waals surface area contributed by atoms with Gasteiger partial charge in [-0.05, 0) is 48.7 Å². The van der Waals surface area contributed by atoms with E-state index in [2.05, 4.69) is 0 Å². The van der Waals surface area contributed by atoms with E-state index in [4.69, 9.17) is 4.74 Å². The third-order valence-corrected chi connectivity index (χ3v) is 6.25. The Morgan fingerprint density at radius 2 is 1.83 bits per heavy atom. The molecule has 1 aliphatic heterocycles. The molecule has 0 saturated carbocycles. The average Bonchev–Trinajstić information content (AvgIpc) is 3.06. The molecule has 0 radical (unpaired) electrons. The molecular weight excluding hydrogens is 391 g/mol. The molecule has 4 nitrogen and oxygen atoms in total. The third kappa shape index (κ3) is 3.78. The Balaban J connectivity index is 1.71. The predicted molar refractivity (Wildman–Crippen MR) is 109 cm³/mol. The first-order chi connectivity index (χ1) is 13.7. The topological polar surface area (TPSA) is 63.6 Å². The quantitative estimate of drug-likeness (QED) is 0.619. The molecule has 0 fully saturated rings. The summed E-state index contributed by atoms with van der Waals surface area (Å²) in [6.45, 7) is 3.83. The van der Waals surface area contributed by atoms with Crippen LogP contribution >= 0.6 is 0 Å². The minimum absolute atomic E-state index is 0.137. The summed E-state index contributed by atoms with van der Waals surface area (Å²) in [5, 5.41) is 0. The Hall–Kier alpha value is -2.70. The van der Waals surface area contributed by atoms with Gasteiger partial charge in [0.05, 0.1) is 4.90 Å². The fraction of sp³-hybridized carbons (Fsp3) is 0.217. The van der Waals surface area contributed by atoms with Crippen molar-refractivity contribution in [2.75, 3.05) is 0 Å². The lowest BCUT2D eigenvalue weighted by atomic mass is 9.96. The fourth-order valence-corrected chi connectivity index (χ4v) is 4.64. The van der Waals surface area contributed by atoms with Gasteiger partial charge in [-0.2, -0.15) is 8.42 Å². The highest BCUT2D eigenvalue weighted by molar-refractivity contribution is 7.85. The molecule has 150 valence electrons. The molecule has 3 aromatic rings. The maximum atomic E-state index is 14.5. The molecule has 6 heteroatoms. The molecular formula is C23H21FO4S. The van der Waals surface area contributed by atoms with Gasteiger partial charge in [0.2, 0.25) is 0 Å². The number of hydrogen-bond donors (Lipinski definition) is 1. The number of ether oxygens (including phenoxy) is 1. The number of halogens is 1. The van der Waals surface area contributed by atoms with E-state index in [1.165, 1.54) is 12.1 Å². The van der Waals surface area contributed by atoms with Gasteiger partial charge < -0.3 is 4.74 Å². The molecule has 0 saturated heterocycles. The maximum Gasteiger partial charge on any atom is 0.294 e. The van der Waals surface area contributed by atoms with Crippen molar-refractivity contribution in [1.82, 2.24) is 0 Å². The van der Waals surface area contributed by atoms with Gasteiger partial charge in [0.1, 0.15) is 17.7 Å². The van der Waals surface area contributed by atoms with Crippen molar-refractivity contribution in [2.45, 2.75) is 37.7 Å². The normalized spacial score (nSPS) is 15.8. The molecule has 0 amide bonds. The SMILES string of the molecule is Cc1ccc(S(=O)(=O)O)c(CC2Cc3c(F)ccc(-c4ccccc4C)c3O2)c1. The van der Waals surface area contributed by atoms with Crippen LogP contribution in [0, 0.1) is 19.7 Å². The Morgan fingerprint density at radius 3 is 2.55 bits per heavy atom. The van der Waals surface area contributed by atoms with E-state index in [1.807, 2.05) is 38.1 Å². The minimum atomic E-state index is -4.35. The van der Waals surface area contributed by atoms with Crippen molar-refractivity contribution in [3.63, 3.8) is 0 Å². The van der Waals surface area contributed by atoms with Crippen molar-refractivity contribution in [3.8, 4) is 16.9 Å². The van der Waals surface area contributed by atoms with Crippen molar-refractivity contribution in [2.24, 2.45) is 0 Å². The second kappa shape index (κ2) is 7.28. The first-order valence-electron chi connectivity index (χ1n) is 9.35. The molecule has 0 bridgehead atoms. The monoisotopic (exact) mass is 412 g/mol. The smallest absolute Gasteiger partial charge is 0.294 e. The van der Waals surface area contributed by atoms with Crippen LogP contribution in [0.5, 0.6) is 5.75 Å². The molecule has 1 aliphatic rings. The summed E-state index contributed by atoms with van der Waals surface area (Å²) in [5.74, 6) is 0.171. The van der Waals surface area contributed by atoms with Crippen molar-refractivity contribution in [1.29, 1.82) is 0 Å². The van der Waals surface area contributed by atoms with Crippen LogP contribution in [0.4, 0.5) is 4.39 Å². The van der Waals surface area contributed by atoms with E-state index in [0.717, 1.165) is 22.3 Å². The van der Waals surface area contributed by atoms with Gasteiger partial charge in [0.15, 0.2) is 0 Å². The van der Waals surface area contributed by atoms with E-state index in [-0.39, 0.29) is 17.1 Å². The Morgan fingerprint density at radius 1 is 1.07 bits per heavy atom. The van der Waals surface area contributed by atoms with E-state index in [1.54, 1.807) is 18.2 Å². The van der Waals surface area contributed by atoms with Gasteiger partial charge >= 0.3 is 0 Å². The molecule has 3 aromatic carbocycles. The van der Waals surface area contributed by atoms with Crippen molar-refractivity contribution < 1.29 is 22.1 Å². The zero-order valence-corrected chi connectivity index (χ0v) is 17.0. The van der Waals surface area contributed by atoms with Gasteiger partial charge in [0.25, 0.3) is 10.1 Å². The number of aryl methyl sites for hydroxylation is 2. The Bertz CT molecular complexity index is 1200. The zero-order chi connectivity index (χ0) is 20.8. The Kier molecular flexibility index (Phi) is 4.92. The molecule has 1 atom stereocenters. The molecule has 1 N–H and O–H groups in total. The van der Waals surface area contributed by atoms with E-state index in [0.29, 0.717) is 23.3 Å². The summed E-state index contributed by atoms with van der Waals surface area (Å²) < 4.78 is 53.7. The largest absolute Gasteiger partial charge is 0.489 e. The second-order valence-electron chi connectivity index (χ2n) is 7.45. The van der Waals surface area contributed by atoms with Crippen LogP contribution in [0.1, 0.15) is 22.3 Å². The first kappa shape index (κ1) is 19.6. The van der Waals surface area contributed by atoms with Gasteiger partial charge in [-0.25, -0.2) is 4.39 Å². The molecule has 0 spiro atoms. The number of hydrogen-bond acceptors (Lipinski definition) is 3. The fourth-order valence-electron chi connectivity index (χ4n) is 3.93. The van der Waals surface area contributed by atoms with Crippen molar-refractivity contribution in [3.05, 3.63) is 82.7 Å². The van der Waals surface area contributed by atoms with E-state index in [9.17, 15) is 17.4 Å². The van der Waals surface area contributed by atoms with Crippen LogP contribution in [0.2, 0.25) is 0 Å². The maximum absolute atomic E-state index is 14.5. The summed E-state index contributed by atoms with van der Waals surface area (Å²) in [7, 11) is -4.35. The second-order valence-corrected chi connectivity index (χ2v) is 8.84. The zero-order valence-electron chi connectivity index (χ0n) is 16.1. The number of rotatable bonds is 4. The summed E-state index contributed by atoms with van der Waals surface area (Å²) in [6.07, 6.45) is 0.157. The third-order valence-electron chi connectivity index (χ3n) is 5.30. The summed E-state index contributed by atoms with van der Waals surface area (Å²) in [4.78, 5) is -0.137. The van der Waals surface area contributed by atoms with Crippen molar-refractivity contribution >= 4 is 10.1 Å². The highest BCUT2D eigenvalue weighted by atomic mass is 32.2. The van der Waals surface area contributed by atoms with Crippen LogP contribution in [0.25, 0.3) is 11.1 Å². The molecule has 0 aromatic heterocycles. The van der Waals surface area contributed by atoms with Gasteiger partial charge in [-0.15, -0.1) is 0 Å². The highest BCUT2D eigenvalue weighted by Crippen LogP contribution is 2.42. The van der Waals surface area contributed by atoms with Crippen LogP contribution < -0.4 is 4.74 Å². The Labute approximate surface area is 169 Å². The first-order valence-corrected chi connectivity index (χ1v) is 10.8. The van der Waals surface area contributed by atoms with Gasteiger partial charge in [-0.3, -0.25) is 4.55 Å². The molecule has 1 heterocycles. The van der Waals surface area contributed by atoms with Crippen LogP contribution in [-0.2, 0) is 23.0 Å². The average molecular weight is 412 g/mol. The number of benzene rings is 3. The number of fused-ring (bicyclic) bond motifs is 1. The van der Waals surface area contributed by atoms with Gasteiger partial charge in [-0.1, -0.05) is 42.0 Å². The lowest BCUT2D eigenvalue weighted by molar-refractivity contribution is 0.233. The minimum Gasteiger partial charge on any atom is -0.489 e. The predicted octanol–water partition coefficient (Wildman–Crippen LogP) is 4.90. The summed E-state index contributed by atoms with van der Waals surface area (Å²) in [5.41, 5.74) is 4.68. The van der Waals surface area contributed by atoms with Crippen LogP contribution in [-0.4, -0.2) is 19.1 Å². The molecule has 0 aliphatic carbocycles. The van der Waals surface area contributed by atoms with E-state index >= 15 is 0 Å². The highest BCUT2D eigenvalue weighted by Gasteiger charge is 2.30. The molecule has 4 rings (SSSR count). The van der Waals surface area contributed by atoms with E-state index < -0.39 is 16.2 Å².